The predicted octanol–water partition coefficient (Wildman–Crippen LogP) is 0.714. The average molecular weight is 239 g/mol. The maximum Gasteiger partial charge on any atom is 0.224 e. The molecule has 3 atom stereocenters. The minimum atomic E-state index is 0.0616. The highest BCUT2D eigenvalue weighted by Crippen LogP contribution is 2.24. The molecule has 0 spiro atoms. The fourth-order valence-electron chi connectivity index (χ4n) is 3.21. The predicted molar refractivity (Wildman–Crippen MR) is 68.6 cm³/mol. The summed E-state index contributed by atoms with van der Waals surface area (Å²) in [5.41, 5.74) is 5.95. The van der Waals surface area contributed by atoms with Crippen molar-refractivity contribution in [3.8, 4) is 0 Å². The summed E-state index contributed by atoms with van der Waals surface area (Å²) in [4.78, 5) is 14.5. The Morgan fingerprint density at radius 2 is 2.18 bits per heavy atom. The van der Waals surface area contributed by atoms with Crippen molar-refractivity contribution >= 4 is 5.91 Å². The van der Waals surface area contributed by atoms with Gasteiger partial charge in [0.25, 0.3) is 0 Å². The van der Waals surface area contributed by atoms with Gasteiger partial charge in [0.15, 0.2) is 0 Å². The molecule has 1 saturated heterocycles. The largest absolute Gasteiger partial charge is 0.354 e. The zero-order chi connectivity index (χ0) is 12.3. The number of rotatable bonds is 4. The van der Waals surface area contributed by atoms with Gasteiger partial charge in [-0.2, -0.15) is 0 Å². The molecule has 3 N–H and O–H groups in total. The molecule has 0 aromatic heterocycles. The van der Waals surface area contributed by atoms with Gasteiger partial charge in [0.05, 0.1) is 5.92 Å². The van der Waals surface area contributed by atoms with E-state index >= 15 is 0 Å². The molecule has 0 aromatic rings. The van der Waals surface area contributed by atoms with Crippen LogP contribution in [0.3, 0.4) is 0 Å². The summed E-state index contributed by atoms with van der Waals surface area (Å²) >= 11 is 0. The third kappa shape index (κ3) is 2.99. The van der Waals surface area contributed by atoms with E-state index in [4.69, 9.17) is 5.73 Å². The number of likely N-dealkylation sites (N-methyl/N-ethyl adjacent to an activating group) is 1. The summed E-state index contributed by atoms with van der Waals surface area (Å²) in [6.07, 6.45) is 5.55. The van der Waals surface area contributed by atoms with Gasteiger partial charge in [-0.15, -0.1) is 0 Å². The number of carbonyl (C=O) groups is 1. The van der Waals surface area contributed by atoms with E-state index in [0.29, 0.717) is 6.04 Å². The molecule has 17 heavy (non-hydrogen) atoms. The van der Waals surface area contributed by atoms with E-state index in [9.17, 15) is 4.79 Å². The summed E-state index contributed by atoms with van der Waals surface area (Å²) in [6, 6.07) is 0.627. The lowest BCUT2D eigenvalue weighted by molar-refractivity contribution is -0.125. The van der Waals surface area contributed by atoms with Gasteiger partial charge in [-0.05, 0) is 38.8 Å². The molecule has 1 saturated carbocycles. The molecule has 0 aromatic carbocycles. The Hall–Kier alpha value is -0.610. The van der Waals surface area contributed by atoms with E-state index in [1.807, 2.05) is 0 Å². The number of hydrogen-bond donors (Lipinski definition) is 2. The summed E-state index contributed by atoms with van der Waals surface area (Å²) in [7, 11) is 0. The van der Waals surface area contributed by atoms with Crippen molar-refractivity contribution in [1.82, 2.24) is 10.2 Å². The molecule has 0 bridgehead atoms. The molecular formula is C13H25N3O. The highest BCUT2D eigenvalue weighted by molar-refractivity contribution is 5.79. The van der Waals surface area contributed by atoms with Gasteiger partial charge >= 0.3 is 0 Å². The summed E-state index contributed by atoms with van der Waals surface area (Å²) in [6.45, 7) is 5.26. The normalized spacial score (nSPS) is 34.1. The second-order valence-electron chi connectivity index (χ2n) is 5.37. The molecule has 2 aliphatic rings. The Bertz CT molecular complexity index is 269. The number of carbonyl (C=O) groups excluding carboxylic acids is 1. The molecule has 1 amide bonds. The molecule has 2 rings (SSSR count). The maximum absolute atomic E-state index is 12.0. The molecule has 1 aliphatic heterocycles. The molecule has 1 heterocycles. The number of nitrogens with one attached hydrogen (secondary N) is 1. The molecule has 0 radical (unpaired) electrons. The van der Waals surface area contributed by atoms with Crippen molar-refractivity contribution in [2.45, 2.75) is 51.1 Å². The number of amides is 1. The highest BCUT2D eigenvalue weighted by atomic mass is 16.1. The van der Waals surface area contributed by atoms with E-state index < -0.39 is 0 Å². The average Bonchev–Trinajstić information content (AvgIpc) is 2.94. The van der Waals surface area contributed by atoms with Crippen LogP contribution in [0.15, 0.2) is 0 Å². The van der Waals surface area contributed by atoms with Gasteiger partial charge in [0, 0.05) is 18.6 Å². The van der Waals surface area contributed by atoms with Crippen molar-refractivity contribution in [3.05, 3.63) is 0 Å². The van der Waals surface area contributed by atoms with Gasteiger partial charge < -0.3 is 11.1 Å². The molecule has 98 valence electrons. The number of likely N-dealkylation sites (tertiary alicyclic amines) is 1. The Balaban J connectivity index is 1.76. The van der Waals surface area contributed by atoms with Crippen LogP contribution >= 0.6 is 0 Å². The second kappa shape index (κ2) is 5.83. The van der Waals surface area contributed by atoms with Crippen molar-refractivity contribution in [2.24, 2.45) is 11.7 Å². The summed E-state index contributed by atoms with van der Waals surface area (Å²) < 4.78 is 0. The second-order valence-corrected chi connectivity index (χ2v) is 5.37. The zero-order valence-corrected chi connectivity index (χ0v) is 10.8. The first-order valence-electron chi connectivity index (χ1n) is 6.99. The fraction of sp³-hybridized carbons (Fsp3) is 0.923. The van der Waals surface area contributed by atoms with Crippen LogP contribution in [0.4, 0.5) is 0 Å². The standard InChI is InChI=1S/C13H25N3O/c1-2-16-8-4-5-10(16)9-15-13(17)11-6-3-7-12(11)14/h10-12H,2-9,14H2,1H3,(H,15,17). The molecule has 4 heteroatoms. The van der Waals surface area contributed by atoms with Crippen LogP contribution in [0.5, 0.6) is 0 Å². The van der Waals surface area contributed by atoms with Crippen molar-refractivity contribution in [3.63, 3.8) is 0 Å². The van der Waals surface area contributed by atoms with Gasteiger partial charge in [-0.1, -0.05) is 13.3 Å². The minimum absolute atomic E-state index is 0.0616. The smallest absolute Gasteiger partial charge is 0.224 e. The SMILES string of the molecule is CCN1CCCC1CNC(=O)C1CCCC1N. The first-order valence-corrected chi connectivity index (χ1v) is 6.99. The van der Waals surface area contributed by atoms with E-state index in [0.717, 1.165) is 32.4 Å². The van der Waals surface area contributed by atoms with E-state index in [2.05, 4.69) is 17.1 Å². The Labute approximate surface area is 104 Å². The Kier molecular flexibility index (Phi) is 4.40. The maximum atomic E-state index is 12.0. The van der Waals surface area contributed by atoms with E-state index in [-0.39, 0.29) is 17.9 Å². The fourth-order valence-corrected chi connectivity index (χ4v) is 3.21. The molecule has 2 fully saturated rings. The van der Waals surface area contributed by atoms with E-state index in [1.54, 1.807) is 0 Å². The molecule has 3 unspecified atom stereocenters. The third-order valence-electron chi connectivity index (χ3n) is 4.32. The Morgan fingerprint density at radius 3 is 2.82 bits per heavy atom. The lowest BCUT2D eigenvalue weighted by atomic mass is 10.0. The van der Waals surface area contributed by atoms with Crippen molar-refractivity contribution < 1.29 is 4.79 Å². The molecule has 1 aliphatic carbocycles. The van der Waals surface area contributed by atoms with Gasteiger partial charge in [-0.3, -0.25) is 9.69 Å². The van der Waals surface area contributed by atoms with Crippen LogP contribution in [0.2, 0.25) is 0 Å². The van der Waals surface area contributed by atoms with Crippen LogP contribution in [-0.2, 0) is 4.79 Å². The van der Waals surface area contributed by atoms with E-state index in [1.165, 1.54) is 19.4 Å². The van der Waals surface area contributed by atoms with Crippen molar-refractivity contribution in [2.75, 3.05) is 19.6 Å². The number of nitrogens with two attached hydrogens (primary N) is 1. The number of nitrogens with zero attached hydrogens (tertiary/aromatic N) is 1. The topological polar surface area (TPSA) is 58.4 Å². The van der Waals surface area contributed by atoms with Gasteiger partial charge in [-0.25, -0.2) is 0 Å². The van der Waals surface area contributed by atoms with Crippen LogP contribution in [0.1, 0.15) is 39.0 Å². The minimum Gasteiger partial charge on any atom is -0.354 e. The van der Waals surface area contributed by atoms with Crippen LogP contribution in [0.25, 0.3) is 0 Å². The van der Waals surface area contributed by atoms with Gasteiger partial charge in [0.1, 0.15) is 0 Å². The quantitative estimate of drug-likeness (QED) is 0.760. The first-order chi connectivity index (χ1) is 8.22. The third-order valence-corrected chi connectivity index (χ3v) is 4.32. The highest BCUT2D eigenvalue weighted by Gasteiger charge is 2.31. The van der Waals surface area contributed by atoms with Crippen LogP contribution in [-0.4, -0.2) is 42.5 Å². The monoisotopic (exact) mass is 239 g/mol. The summed E-state index contributed by atoms with van der Waals surface area (Å²) in [5, 5.41) is 3.10. The zero-order valence-electron chi connectivity index (χ0n) is 10.8. The summed E-state index contributed by atoms with van der Waals surface area (Å²) in [5.74, 6) is 0.240. The Morgan fingerprint density at radius 1 is 1.35 bits per heavy atom. The molecule has 4 nitrogen and oxygen atoms in total. The first kappa shape index (κ1) is 12.8. The lowest BCUT2D eigenvalue weighted by Crippen LogP contribution is -2.44. The van der Waals surface area contributed by atoms with Crippen LogP contribution < -0.4 is 11.1 Å². The van der Waals surface area contributed by atoms with Crippen LogP contribution in [0, 0.1) is 5.92 Å². The lowest BCUT2D eigenvalue weighted by Gasteiger charge is -2.24. The van der Waals surface area contributed by atoms with Gasteiger partial charge in [0.2, 0.25) is 5.91 Å². The van der Waals surface area contributed by atoms with Crippen molar-refractivity contribution in [1.29, 1.82) is 0 Å². The molecular weight excluding hydrogens is 214 g/mol. The number of hydrogen-bond acceptors (Lipinski definition) is 3.